The summed E-state index contributed by atoms with van der Waals surface area (Å²) in [6.45, 7) is 8.12. The molecule has 1 aliphatic heterocycles. The zero-order chi connectivity index (χ0) is 14.0. The molecule has 0 spiro atoms. The van der Waals surface area contributed by atoms with Crippen molar-refractivity contribution in [3.63, 3.8) is 0 Å². The van der Waals surface area contributed by atoms with Crippen molar-refractivity contribution in [1.82, 2.24) is 9.80 Å². The molecule has 4 unspecified atom stereocenters. The number of likely N-dealkylation sites (tertiary alicyclic amines) is 1. The van der Waals surface area contributed by atoms with E-state index >= 15 is 0 Å². The Labute approximate surface area is 119 Å². The fourth-order valence-corrected chi connectivity index (χ4v) is 4.49. The van der Waals surface area contributed by atoms with Crippen LogP contribution in [0, 0.1) is 11.8 Å². The van der Waals surface area contributed by atoms with E-state index < -0.39 is 0 Å². The van der Waals surface area contributed by atoms with Gasteiger partial charge in [0.25, 0.3) is 0 Å². The van der Waals surface area contributed by atoms with Crippen molar-refractivity contribution >= 4 is 0 Å². The van der Waals surface area contributed by atoms with Gasteiger partial charge in [0.05, 0.1) is 0 Å². The zero-order valence-electron chi connectivity index (χ0n) is 13.4. The molecular formula is C16H33N3. The summed E-state index contributed by atoms with van der Waals surface area (Å²) in [5, 5.41) is 0. The summed E-state index contributed by atoms with van der Waals surface area (Å²) in [7, 11) is 4.59. The van der Waals surface area contributed by atoms with Crippen LogP contribution >= 0.6 is 0 Å². The average Bonchev–Trinajstić information content (AvgIpc) is 2.41. The molecule has 0 aromatic carbocycles. The molecule has 0 aromatic heterocycles. The molecule has 2 N–H and O–H groups in total. The maximum Gasteiger partial charge on any atom is 0.0360 e. The normalized spacial score (nSPS) is 41.7. The Morgan fingerprint density at radius 2 is 2.00 bits per heavy atom. The van der Waals surface area contributed by atoms with Crippen LogP contribution in [0.25, 0.3) is 0 Å². The monoisotopic (exact) mass is 267 g/mol. The Hall–Kier alpha value is -0.120. The van der Waals surface area contributed by atoms with E-state index in [9.17, 15) is 0 Å². The highest BCUT2D eigenvalue weighted by atomic mass is 15.3. The highest BCUT2D eigenvalue weighted by molar-refractivity contribution is 5.02. The quantitative estimate of drug-likeness (QED) is 0.850. The first kappa shape index (κ1) is 15.3. The topological polar surface area (TPSA) is 32.5 Å². The van der Waals surface area contributed by atoms with Crippen LogP contribution in [-0.4, -0.2) is 55.1 Å². The molecule has 1 heterocycles. The Kier molecular flexibility index (Phi) is 4.91. The van der Waals surface area contributed by atoms with Gasteiger partial charge in [-0.05, 0) is 51.7 Å². The molecule has 2 fully saturated rings. The summed E-state index contributed by atoms with van der Waals surface area (Å²) in [5.41, 5.74) is 6.51. The van der Waals surface area contributed by atoms with Crippen molar-refractivity contribution in [2.45, 2.75) is 57.5 Å². The third kappa shape index (κ3) is 2.84. The number of piperidine rings is 1. The molecule has 0 radical (unpaired) electrons. The van der Waals surface area contributed by atoms with Crippen LogP contribution in [-0.2, 0) is 0 Å². The van der Waals surface area contributed by atoms with Gasteiger partial charge < -0.3 is 10.6 Å². The van der Waals surface area contributed by atoms with E-state index in [4.69, 9.17) is 5.73 Å². The van der Waals surface area contributed by atoms with Crippen molar-refractivity contribution in [2.75, 3.05) is 33.7 Å². The molecule has 1 saturated heterocycles. The third-order valence-electron chi connectivity index (χ3n) is 6.17. The average molecular weight is 267 g/mol. The van der Waals surface area contributed by atoms with E-state index in [1.165, 1.54) is 45.2 Å². The minimum atomic E-state index is 0.237. The van der Waals surface area contributed by atoms with Gasteiger partial charge in [0.2, 0.25) is 0 Å². The predicted molar refractivity (Wildman–Crippen MR) is 82.2 cm³/mol. The number of likely N-dealkylation sites (N-methyl/N-ethyl adjacent to an activating group) is 2. The van der Waals surface area contributed by atoms with Gasteiger partial charge >= 0.3 is 0 Å². The van der Waals surface area contributed by atoms with Crippen molar-refractivity contribution in [2.24, 2.45) is 17.6 Å². The van der Waals surface area contributed by atoms with E-state index in [0.29, 0.717) is 12.0 Å². The van der Waals surface area contributed by atoms with Crippen molar-refractivity contribution in [1.29, 1.82) is 0 Å². The molecule has 4 atom stereocenters. The van der Waals surface area contributed by atoms with Gasteiger partial charge in [-0.3, -0.25) is 4.90 Å². The van der Waals surface area contributed by atoms with Crippen LogP contribution in [0.5, 0.6) is 0 Å². The second-order valence-electron chi connectivity index (χ2n) is 7.14. The highest BCUT2D eigenvalue weighted by Crippen LogP contribution is 2.42. The molecule has 2 aliphatic rings. The summed E-state index contributed by atoms with van der Waals surface area (Å²) in [4.78, 5) is 5.15. The summed E-state index contributed by atoms with van der Waals surface area (Å²) >= 11 is 0. The molecule has 0 bridgehead atoms. The fraction of sp³-hybridized carbons (Fsp3) is 1.00. The number of hydrogen-bond acceptors (Lipinski definition) is 3. The lowest BCUT2D eigenvalue weighted by Crippen LogP contribution is -2.64. The minimum Gasteiger partial charge on any atom is -0.329 e. The summed E-state index contributed by atoms with van der Waals surface area (Å²) in [5.74, 6) is 1.52. The van der Waals surface area contributed by atoms with Gasteiger partial charge in [-0.1, -0.05) is 26.7 Å². The zero-order valence-corrected chi connectivity index (χ0v) is 13.4. The van der Waals surface area contributed by atoms with E-state index in [2.05, 4.69) is 37.7 Å². The molecule has 112 valence electrons. The molecular weight excluding hydrogens is 234 g/mol. The van der Waals surface area contributed by atoms with Crippen LogP contribution in [0.2, 0.25) is 0 Å². The first-order valence-electron chi connectivity index (χ1n) is 8.13. The van der Waals surface area contributed by atoms with E-state index in [-0.39, 0.29) is 5.54 Å². The van der Waals surface area contributed by atoms with Gasteiger partial charge in [-0.25, -0.2) is 0 Å². The van der Waals surface area contributed by atoms with Crippen LogP contribution in [0.15, 0.2) is 0 Å². The van der Waals surface area contributed by atoms with E-state index in [1.54, 1.807) is 0 Å². The third-order valence-corrected chi connectivity index (χ3v) is 6.17. The van der Waals surface area contributed by atoms with Gasteiger partial charge in [0, 0.05) is 24.7 Å². The Morgan fingerprint density at radius 1 is 1.26 bits per heavy atom. The summed E-state index contributed by atoms with van der Waals surface area (Å²) < 4.78 is 0. The lowest BCUT2D eigenvalue weighted by Gasteiger charge is -2.54. The Bertz CT molecular complexity index is 294. The molecule has 0 aromatic rings. The van der Waals surface area contributed by atoms with Gasteiger partial charge in [0.15, 0.2) is 0 Å². The van der Waals surface area contributed by atoms with Gasteiger partial charge in [-0.2, -0.15) is 0 Å². The smallest absolute Gasteiger partial charge is 0.0360 e. The van der Waals surface area contributed by atoms with E-state index in [0.717, 1.165) is 12.5 Å². The first-order chi connectivity index (χ1) is 9.01. The number of nitrogens with zero attached hydrogens (tertiary/aromatic N) is 2. The number of rotatable bonds is 3. The molecule has 3 heteroatoms. The first-order valence-corrected chi connectivity index (χ1v) is 8.13. The molecule has 0 amide bonds. The van der Waals surface area contributed by atoms with Crippen LogP contribution in [0.1, 0.15) is 46.0 Å². The SMILES string of the molecule is CC1CCCC(CN)(N(C)C2CCCN(C)C2)C1C. The Balaban J connectivity index is 2.15. The second kappa shape index (κ2) is 6.11. The van der Waals surface area contributed by atoms with Crippen LogP contribution < -0.4 is 5.73 Å². The molecule has 1 aliphatic carbocycles. The summed E-state index contributed by atoms with van der Waals surface area (Å²) in [6, 6.07) is 0.690. The number of nitrogens with two attached hydrogens (primary N) is 1. The Morgan fingerprint density at radius 3 is 2.63 bits per heavy atom. The second-order valence-corrected chi connectivity index (χ2v) is 7.14. The minimum absolute atomic E-state index is 0.237. The standard InChI is InChI=1S/C16H33N3/c1-13-7-5-9-16(12-17,14(13)2)19(4)15-8-6-10-18(3)11-15/h13-15H,5-12,17H2,1-4H3. The maximum atomic E-state index is 6.28. The highest BCUT2D eigenvalue weighted by Gasteiger charge is 2.45. The molecule has 2 rings (SSSR count). The lowest BCUT2D eigenvalue weighted by atomic mass is 9.67. The predicted octanol–water partition coefficient (Wildman–Crippen LogP) is 2.17. The number of hydrogen-bond donors (Lipinski definition) is 1. The summed E-state index contributed by atoms with van der Waals surface area (Å²) in [6.07, 6.45) is 6.67. The largest absolute Gasteiger partial charge is 0.329 e. The molecule has 19 heavy (non-hydrogen) atoms. The molecule has 3 nitrogen and oxygen atoms in total. The van der Waals surface area contributed by atoms with E-state index in [1.807, 2.05) is 0 Å². The van der Waals surface area contributed by atoms with Crippen molar-refractivity contribution in [3.8, 4) is 0 Å². The van der Waals surface area contributed by atoms with Gasteiger partial charge in [0.1, 0.15) is 0 Å². The van der Waals surface area contributed by atoms with Gasteiger partial charge in [-0.15, -0.1) is 0 Å². The fourth-order valence-electron chi connectivity index (χ4n) is 4.49. The molecule has 1 saturated carbocycles. The lowest BCUT2D eigenvalue weighted by molar-refractivity contribution is -0.0360. The van der Waals surface area contributed by atoms with Crippen molar-refractivity contribution in [3.05, 3.63) is 0 Å². The van der Waals surface area contributed by atoms with Crippen LogP contribution in [0.4, 0.5) is 0 Å². The van der Waals surface area contributed by atoms with Crippen LogP contribution in [0.3, 0.4) is 0 Å². The maximum absolute atomic E-state index is 6.28. The van der Waals surface area contributed by atoms with Crippen molar-refractivity contribution < 1.29 is 0 Å².